The van der Waals surface area contributed by atoms with Gasteiger partial charge in [0.2, 0.25) is 0 Å². The number of hydrogen-bond acceptors (Lipinski definition) is 0. The van der Waals surface area contributed by atoms with Gasteiger partial charge in [-0.1, -0.05) is 0 Å². The van der Waals surface area contributed by atoms with Gasteiger partial charge in [0.15, 0.2) is 0 Å². The van der Waals surface area contributed by atoms with Gasteiger partial charge in [-0.2, -0.15) is 0 Å². The fourth-order valence-electron chi connectivity index (χ4n) is 0.860. The predicted octanol–water partition coefficient (Wildman–Crippen LogP) is 2.50. The molecule has 0 aliphatic carbocycles. The van der Waals surface area contributed by atoms with E-state index < -0.39 is 0 Å². The molecule has 1 atom stereocenters. The fourth-order valence-corrected chi connectivity index (χ4v) is 2.09. The third kappa shape index (κ3) is 2.01. The molecule has 0 saturated carbocycles. The Balaban J connectivity index is 2.75. The molecule has 0 spiro atoms. The number of hydrogen-bond donors (Lipinski definition) is 0. The standard InChI is InChI=1S/C9H12Te/c1-8(10-2)9-6-4-3-5-7-9/h3-8H,1-2H3. The Kier molecular flexibility index (Phi) is 3.25. The average molecular weight is 248 g/mol. The first-order valence-electron chi connectivity index (χ1n) is 3.42. The molecule has 0 bridgehead atoms. The first kappa shape index (κ1) is 8.11. The Bertz CT molecular complexity index is 181. The second kappa shape index (κ2) is 4.01. The third-order valence-corrected chi connectivity index (χ3v) is 4.42. The zero-order chi connectivity index (χ0) is 7.40. The van der Waals surface area contributed by atoms with Crippen LogP contribution in [0.3, 0.4) is 0 Å². The summed E-state index contributed by atoms with van der Waals surface area (Å²) in [7, 11) is 0. The van der Waals surface area contributed by atoms with Crippen molar-refractivity contribution in [1.29, 1.82) is 0 Å². The Morgan fingerprint density at radius 1 is 1.20 bits per heavy atom. The molecule has 1 heteroatoms. The van der Waals surface area contributed by atoms with E-state index in [-0.39, 0.29) is 20.9 Å². The minimum absolute atomic E-state index is 0.210. The van der Waals surface area contributed by atoms with Crippen LogP contribution in [0.25, 0.3) is 0 Å². The van der Waals surface area contributed by atoms with E-state index in [0.717, 1.165) is 3.97 Å². The fraction of sp³-hybridized carbons (Fsp3) is 0.333. The van der Waals surface area contributed by atoms with Crippen molar-refractivity contribution in [3.8, 4) is 0 Å². The summed E-state index contributed by atoms with van der Waals surface area (Å²) in [6.45, 7) is 2.32. The Morgan fingerprint density at radius 2 is 1.80 bits per heavy atom. The van der Waals surface area contributed by atoms with Crippen LogP contribution < -0.4 is 0 Å². The first-order valence-corrected chi connectivity index (χ1v) is 7.10. The van der Waals surface area contributed by atoms with Gasteiger partial charge in [-0.3, -0.25) is 0 Å². The van der Waals surface area contributed by atoms with Gasteiger partial charge in [0, 0.05) is 0 Å². The molecule has 0 radical (unpaired) electrons. The molecule has 0 N–H and O–H groups in total. The maximum absolute atomic E-state index is 2.35. The molecular weight excluding hydrogens is 236 g/mol. The first-order chi connectivity index (χ1) is 4.84. The molecule has 1 aromatic carbocycles. The summed E-state index contributed by atoms with van der Waals surface area (Å²) in [4.78, 5) is 2.35. The summed E-state index contributed by atoms with van der Waals surface area (Å²) in [5.74, 6) is 0. The van der Waals surface area contributed by atoms with Crippen molar-refractivity contribution in [2.45, 2.75) is 15.9 Å². The molecule has 1 aromatic rings. The van der Waals surface area contributed by atoms with Crippen molar-refractivity contribution >= 4 is 20.9 Å². The van der Waals surface area contributed by atoms with Crippen molar-refractivity contribution < 1.29 is 0 Å². The topological polar surface area (TPSA) is 0 Å². The molecule has 0 aliphatic rings. The van der Waals surface area contributed by atoms with Crippen LogP contribution in [-0.2, 0) is 0 Å². The molecule has 1 unspecified atom stereocenters. The molecule has 0 saturated heterocycles. The second-order valence-electron chi connectivity index (χ2n) is 2.29. The molecular formula is C9H12Te. The zero-order valence-corrected chi connectivity index (χ0v) is 8.70. The van der Waals surface area contributed by atoms with Crippen molar-refractivity contribution in [2.24, 2.45) is 0 Å². The molecule has 0 fully saturated rings. The SMILES string of the molecule is C[Te]C(C)c1ccccc1. The molecule has 0 amide bonds. The Hall–Kier alpha value is 0.00961. The Morgan fingerprint density at radius 3 is 2.30 bits per heavy atom. The van der Waals surface area contributed by atoms with E-state index in [9.17, 15) is 0 Å². The van der Waals surface area contributed by atoms with Gasteiger partial charge < -0.3 is 0 Å². The van der Waals surface area contributed by atoms with Crippen LogP contribution in [0.5, 0.6) is 0 Å². The third-order valence-electron chi connectivity index (χ3n) is 1.62. The molecule has 0 aliphatic heterocycles. The van der Waals surface area contributed by atoms with Gasteiger partial charge in [0.25, 0.3) is 0 Å². The zero-order valence-electron chi connectivity index (χ0n) is 6.37. The number of benzene rings is 1. The molecule has 10 heavy (non-hydrogen) atoms. The summed E-state index contributed by atoms with van der Waals surface area (Å²) >= 11 is 0.210. The van der Waals surface area contributed by atoms with Gasteiger partial charge in [0.05, 0.1) is 0 Å². The summed E-state index contributed by atoms with van der Waals surface area (Å²) in [6.07, 6.45) is 0. The van der Waals surface area contributed by atoms with Gasteiger partial charge in [-0.05, 0) is 0 Å². The van der Waals surface area contributed by atoms with Crippen molar-refractivity contribution in [3.05, 3.63) is 35.9 Å². The summed E-state index contributed by atoms with van der Waals surface area (Å²) in [5.41, 5.74) is 1.51. The van der Waals surface area contributed by atoms with E-state index in [1.54, 1.807) is 0 Å². The monoisotopic (exact) mass is 250 g/mol. The molecule has 0 aromatic heterocycles. The molecule has 54 valence electrons. The van der Waals surface area contributed by atoms with Crippen LogP contribution in [0, 0.1) is 0 Å². The van der Waals surface area contributed by atoms with Gasteiger partial charge in [0.1, 0.15) is 0 Å². The van der Waals surface area contributed by atoms with Crippen LogP contribution in [-0.4, -0.2) is 20.9 Å². The van der Waals surface area contributed by atoms with E-state index in [1.807, 2.05) is 0 Å². The molecule has 1 rings (SSSR count). The van der Waals surface area contributed by atoms with Crippen LogP contribution >= 0.6 is 0 Å². The van der Waals surface area contributed by atoms with Gasteiger partial charge in [-0.15, -0.1) is 0 Å². The van der Waals surface area contributed by atoms with Crippen LogP contribution in [0.4, 0.5) is 0 Å². The van der Waals surface area contributed by atoms with E-state index in [0.29, 0.717) is 0 Å². The summed E-state index contributed by atoms with van der Waals surface area (Å²) in [6, 6.07) is 10.8. The molecule has 0 nitrogen and oxygen atoms in total. The van der Waals surface area contributed by atoms with E-state index in [4.69, 9.17) is 0 Å². The van der Waals surface area contributed by atoms with Crippen LogP contribution in [0.2, 0.25) is 4.97 Å². The van der Waals surface area contributed by atoms with Gasteiger partial charge in [-0.25, -0.2) is 0 Å². The van der Waals surface area contributed by atoms with Crippen molar-refractivity contribution in [2.75, 3.05) is 0 Å². The van der Waals surface area contributed by atoms with E-state index >= 15 is 0 Å². The van der Waals surface area contributed by atoms with E-state index in [2.05, 4.69) is 42.2 Å². The van der Waals surface area contributed by atoms with Gasteiger partial charge >= 0.3 is 72.7 Å². The van der Waals surface area contributed by atoms with Crippen molar-refractivity contribution in [1.82, 2.24) is 0 Å². The normalized spacial score (nSPS) is 13.0. The summed E-state index contributed by atoms with van der Waals surface area (Å²) in [5, 5.41) is 0. The van der Waals surface area contributed by atoms with Crippen LogP contribution in [0.15, 0.2) is 30.3 Å². The molecule has 0 heterocycles. The predicted molar refractivity (Wildman–Crippen MR) is 46.5 cm³/mol. The quantitative estimate of drug-likeness (QED) is 0.705. The average Bonchev–Trinajstić information content (AvgIpc) is 2.05. The van der Waals surface area contributed by atoms with Crippen molar-refractivity contribution in [3.63, 3.8) is 0 Å². The van der Waals surface area contributed by atoms with E-state index in [1.165, 1.54) is 5.56 Å². The summed E-state index contributed by atoms with van der Waals surface area (Å²) < 4.78 is 0.839. The minimum atomic E-state index is 0.210. The number of rotatable bonds is 2. The Labute approximate surface area is 72.7 Å². The maximum atomic E-state index is 2.35. The second-order valence-corrected chi connectivity index (χ2v) is 5.65. The van der Waals surface area contributed by atoms with Crippen LogP contribution in [0.1, 0.15) is 16.5 Å².